The van der Waals surface area contributed by atoms with Crippen LogP contribution in [0.3, 0.4) is 0 Å². The second kappa shape index (κ2) is 11.5. The summed E-state index contributed by atoms with van der Waals surface area (Å²) < 4.78 is 23.4. The van der Waals surface area contributed by atoms with Gasteiger partial charge in [-0.1, -0.05) is 20.8 Å². The maximum absolute atomic E-state index is 14.1. The summed E-state index contributed by atoms with van der Waals surface area (Å²) in [6.07, 6.45) is 0. The van der Waals surface area contributed by atoms with Crippen molar-refractivity contribution in [3.8, 4) is 11.5 Å². The molecule has 0 radical (unpaired) electrons. The van der Waals surface area contributed by atoms with Gasteiger partial charge in [-0.05, 0) is 54.9 Å². The predicted molar refractivity (Wildman–Crippen MR) is 171 cm³/mol. The molecule has 0 saturated heterocycles. The number of anilines is 1. The maximum atomic E-state index is 14.1. The van der Waals surface area contributed by atoms with Crippen LogP contribution < -0.4 is 25.3 Å². The van der Waals surface area contributed by atoms with Gasteiger partial charge in [-0.25, -0.2) is 10.6 Å². The number of aromatic nitrogens is 1. The van der Waals surface area contributed by atoms with Crippen molar-refractivity contribution in [2.24, 2.45) is 5.84 Å². The SMILES string of the molecule is COC(=O)c1c(C)[nH]c2c(O[Si](C)(C)C(C)(C)C)cc3c(c12)[C@H](CCl)CN3C(=O)c1cc2cc(OCC(=O)NN)ccc2o1. The lowest BCUT2D eigenvalue weighted by Gasteiger charge is -2.36. The van der Waals surface area contributed by atoms with E-state index in [2.05, 4.69) is 38.8 Å². The molecule has 4 N–H and O–H groups in total. The molecule has 0 fully saturated rings. The van der Waals surface area contributed by atoms with E-state index in [0.29, 0.717) is 50.3 Å². The summed E-state index contributed by atoms with van der Waals surface area (Å²) in [5.41, 5.74) is 5.57. The number of carbonyl (C=O) groups is 3. The molecule has 0 unspecified atom stereocenters. The first-order chi connectivity index (χ1) is 20.7. The molecule has 1 aliphatic rings. The molecule has 1 atom stereocenters. The number of ether oxygens (including phenoxy) is 2. The molecule has 2 amide bonds. The topological polar surface area (TPSA) is 149 Å². The van der Waals surface area contributed by atoms with Crippen molar-refractivity contribution in [1.29, 1.82) is 0 Å². The zero-order valence-corrected chi connectivity index (χ0v) is 27.6. The van der Waals surface area contributed by atoms with Gasteiger partial charge in [-0.2, -0.15) is 0 Å². The van der Waals surface area contributed by atoms with E-state index in [0.717, 1.165) is 5.56 Å². The Morgan fingerprint density at radius 2 is 1.93 bits per heavy atom. The standard InChI is InChI=1S/C31H37ClN4O7Si/c1-16-25(30(39)40-5)27-26-18(13-32)14-36(20(26)12-22(28(27)34-16)43-44(6,7)31(2,3)4)29(38)23-11-17-10-19(8-9-21(17)42-23)41-15-24(37)35-33/h8-12,18,34H,13-15,33H2,1-7H3,(H,35,37)/t18-/m1/s1. The van der Waals surface area contributed by atoms with Gasteiger partial charge in [0.2, 0.25) is 0 Å². The van der Waals surface area contributed by atoms with Crippen molar-refractivity contribution >= 4 is 65.3 Å². The second-order valence-corrected chi connectivity index (χ2v) is 17.5. The molecule has 13 heteroatoms. The Labute approximate surface area is 261 Å². The fourth-order valence-corrected chi connectivity index (χ4v) is 6.52. The van der Waals surface area contributed by atoms with E-state index in [1.54, 1.807) is 29.2 Å². The maximum Gasteiger partial charge on any atom is 0.340 e. The number of amides is 2. The van der Waals surface area contributed by atoms with E-state index in [1.165, 1.54) is 7.11 Å². The fraction of sp³-hybridized carbons (Fsp3) is 0.387. The minimum Gasteiger partial charge on any atom is -0.542 e. The molecule has 44 heavy (non-hydrogen) atoms. The number of hydrogen-bond acceptors (Lipinski definition) is 8. The number of carbonyl (C=O) groups excluding carboxylic acids is 3. The number of furan rings is 1. The quantitative estimate of drug-likeness (QED) is 0.0551. The van der Waals surface area contributed by atoms with Gasteiger partial charge in [0.05, 0.1) is 23.9 Å². The number of nitrogens with zero attached hydrogens (tertiary/aromatic N) is 1. The van der Waals surface area contributed by atoms with Crippen molar-refractivity contribution in [2.45, 2.75) is 51.7 Å². The Morgan fingerprint density at radius 1 is 1.20 bits per heavy atom. The van der Waals surface area contributed by atoms with Gasteiger partial charge in [0.1, 0.15) is 17.1 Å². The summed E-state index contributed by atoms with van der Waals surface area (Å²) in [6.45, 7) is 12.6. The number of hydrazine groups is 1. The summed E-state index contributed by atoms with van der Waals surface area (Å²) in [5, 5.41) is 1.16. The van der Waals surface area contributed by atoms with E-state index in [-0.39, 0.29) is 41.7 Å². The molecular formula is C31H37ClN4O7Si. The number of esters is 1. The number of nitrogens with one attached hydrogen (secondary N) is 2. The summed E-state index contributed by atoms with van der Waals surface area (Å²) in [7, 11) is -1.01. The summed E-state index contributed by atoms with van der Waals surface area (Å²) in [4.78, 5) is 43.7. The van der Waals surface area contributed by atoms with Crippen LogP contribution in [-0.2, 0) is 9.53 Å². The third kappa shape index (κ3) is 5.42. The van der Waals surface area contributed by atoms with E-state index < -0.39 is 20.2 Å². The number of hydrogen-bond donors (Lipinski definition) is 3. The van der Waals surface area contributed by atoms with Crippen molar-refractivity contribution in [3.63, 3.8) is 0 Å². The molecule has 0 bridgehead atoms. The average molecular weight is 641 g/mol. The number of fused-ring (bicyclic) bond motifs is 4. The minimum atomic E-state index is -2.35. The largest absolute Gasteiger partial charge is 0.542 e. The van der Waals surface area contributed by atoms with Crippen molar-refractivity contribution in [2.75, 3.05) is 31.0 Å². The molecule has 0 spiro atoms. The van der Waals surface area contributed by atoms with Gasteiger partial charge in [0.15, 0.2) is 12.4 Å². The van der Waals surface area contributed by atoms with Crippen LogP contribution in [0.15, 0.2) is 34.7 Å². The van der Waals surface area contributed by atoms with E-state index in [1.807, 2.05) is 18.4 Å². The number of nitrogens with two attached hydrogens (primary N) is 1. The van der Waals surface area contributed by atoms with Crippen LogP contribution in [0.2, 0.25) is 18.1 Å². The molecule has 2 aromatic carbocycles. The molecular weight excluding hydrogens is 604 g/mol. The van der Waals surface area contributed by atoms with Crippen molar-refractivity contribution < 1.29 is 32.7 Å². The lowest BCUT2D eigenvalue weighted by atomic mass is 9.95. The summed E-state index contributed by atoms with van der Waals surface area (Å²) in [5.74, 6) is 4.83. The highest BCUT2D eigenvalue weighted by Gasteiger charge is 2.42. The fourth-order valence-electron chi connectivity index (χ4n) is 5.25. The zero-order chi connectivity index (χ0) is 32.1. The molecule has 0 aliphatic carbocycles. The molecule has 3 heterocycles. The Morgan fingerprint density at radius 3 is 2.57 bits per heavy atom. The first kappa shape index (κ1) is 31.4. The minimum absolute atomic E-state index is 0.107. The first-order valence-corrected chi connectivity index (χ1v) is 17.6. The monoisotopic (exact) mass is 640 g/mol. The van der Waals surface area contributed by atoms with E-state index >= 15 is 0 Å². The number of halogens is 1. The summed E-state index contributed by atoms with van der Waals surface area (Å²) in [6, 6.07) is 8.49. The number of aromatic amines is 1. The smallest absolute Gasteiger partial charge is 0.340 e. The third-order valence-corrected chi connectivity index (χ3v) is 13.3. The summed E-state index contributed by atoms with van der Waals surface area (Å²) >= 11 is 6.51. The van der Waals surface area contributed by atoms with Crippen molar-refractivity contribution in [3.05, 3.63) is 52.9 Å². The molecule has 5 rings (SSSR count). The molecule has 11 nitrogen and oxygen atoms in total. The number of aryl methyl sites for hydroxylation is 1. The van der Waals surface area contributed by atoms with Gasteiger partial charge in [-0.15, -0.1) is 11.6 Å². The van der Waals surface area contributed by atoms with Crippen LogP contribution in [0.25, 0.3) is 21.9 Å². The Balaban J connectivity index is 1.63. The zero-order valence-electron chi connectivity index (χ0n) is 25.8. The van der Waals surface area contributed by atoms with E-state index in [9.17, 15) is 14.4 Å². The highest BCUT2D eigenvalue weighted by Crippen LogP contribution is 2.49. The molecule has 1 aliphatic heterocycles. The highest BCUT2D eigenvalue weighted by molar-refractivity contribution is 6.74. The number of H-pyrrole nitrogens is 1. The van der Waals surface area contributed by atoms with Crippen LogP contribution in [0.4, 0.5) is 5.69 Å². The predicted octanol–water partition coefficient (Wildman–Crippen LogP) is 5.74. The van der Waals surface area contributed by atoms with Crippen LogP contribution >= 0.6 is 11.6 Å². The number of benzene rings is 2. The lowest BCUT2D eigenvalue weighted by molar-refractivity contribution is -0.123. The number of rotatable bonds is 8. The number of alkyl halides is 1. The normalized spacial score (nSPS) is 15.0. The van der Waals surface area contributed by atoms with Gasteiger partial charge in [0.25, 0.3) is 20.1 Å². The Hall–Kier alpha value is -4.00. The molecule has 0 saturated carbocycles. The van der Waals surface area contributed by atoms with Crippen LogP contribution in [0.1, 0.15) is 58.9 Å². The van der Waals surface area contributed by atoms with Gasteiger partial charge >= 0.3 is 5.97 Å². The molecule has 234 valence electrons. The number of methoxy groups -OCH3 is 1. The average Bonchev–Trinajstić information content (AvgIpc) is 3.66. The molecule has 4 aromatic rings. The van der Waals surface area contributed by atoms with Crippen molar-refractivity contribution in [1.82, 2.24) is 10.4 Å². The van der Waals surface area contributed by atoms with Crippen LogP contribution in [0.5, 0.6) is 11.5 Å². The lowest BCUT2D eigenvalue weighted by Crippen LogP contribution is -2.44. The Kier molecular flexibility index (Phi) is 8.21. The Bertz CT molecular complexity index is 1790. The van der Waals surface area contributed by atoms with E-state index in [4.69, 9.17) is 35.8 Å². The van der Waals surface area contributed by atoms with Crippen LogP contribution in [0, 0.1) is 6.92 Å². The highest BCUT2D eigenvalue weighted by atomic mass is 35.5. The van der Waals surface area contributed by atoms with Gasteiger partial charge < -0.3 is 28.2 Å². The van der Waals surface area contributed by atoms with Crippen LogP contribution in [-0.4, -0.2) is 57.2 Å². The van der Waals surface area contributed by atoms with Gasteiger partial charge in [0, 0.05) is 40.9 Å². The first-order valence-electron chi connectivity index (χ1n) is 14.2. The second-order valence-electron chi connectivity index (χ2n) is 12.5. The molecule has 2 aromatic heterocycles. The van der Waals surface area contributed by atoms with Gasteiger partial charge in [-0.3, -0.25) is 15.0 Å². The third-order valence-electron chi connectivity index (χ3n) is 8.57.